The van der Waals surface area contributed by atoms with Crippen LogP contribution in [0.4, 0.5) is 5.95 Å². The summed E-state index contributed by atoms with van der Waals surface area (Å²) in [5.74, 6) is 0.642. The summed E-state index contributed by atoms with van der Waals surface area (Å²) in [7, 11) is 1.69. The molecule has 3 aromatic heterocycles. The topological polar surface area (TPSA) is 127 Å². The maximum atomic E-state index is 12.6. The predicted molar refractivity (Wildman–Crippen MR) is 100 cm³/mol. The first kappa shape index (κ1) is 18.3. The van der Waals surface area contributed by atoms with Gasteiger partial charge >= 0.3 is 0 Å². The van der Waals surface area contributed by atoms with Gasteiger partial charge in [-0.3, -0.25) is 15.1 Å². The van der Waals surface area contributed by atoms with Gasteiger partial charge in [0.25, 0.3) is 5.91 Å². The van der Waals surface area contributed by atoms with Crippen molar-refractivity contribution in [2.45, 2.75) is 0 Å². The van der Waals surface area contributed by atoms with Crippen molar-refractivity contribution in [2.75, 3.05) is 52.2 Å². The Balaban J connectivity index is 1.44. The summed E-state index contributed by atoms with van der Waals surface area (Å²) in [5, 5.41) is 6.15. The molecule has 0 atom stereocenters. The lowest BCUT2D eigenvalue weighted by Gasteiger charge is -2.34. The van der Waals surface area contributed by atoms with Gasteiger partial charge in [-0.2, -0.15) is 4.52 Å². The van der Waals surface area contributed by atoms with Gasteiger partial charge in [-0.25, -0.2) is 15.0 Å². The molecule has 11 heteroatoms. The second-order valence-electron chi connectivity index (χ2n) is 6.44. The Morgan fingerprint density at radius 2 is 2.14 bits per heavy atom. The number of furan rings is 1. The number of amides is 1. The van der Waals surface area contributed by atoms with Crippen LogP contribution < -0.4 is 11.2 Å². The van der Waals surface area contributed by atoms with Crippen molar-refractivity contribution >= 4 is 17.5 Å². The summed E-state index contributed by atoms with van der Waals surface area (Å²) in [6.45, 7) is 4.75. The number of carbonyl (C=O) groups is 1. The fraction of sp³-hybridized carbons (Fsp3) is 0.412. The Bertz CT molecular complexity index is 947. The molecule has 0 aromatic carbocycles. The van der Waals surface area contributed by atoms with E-state index < -0.39 is 0 Å². The van der Waals surface area contributed by atoms with Crippen LogP contribution in [0.1, 0.15) is 10.5 Å². The van der Waals surface area contributed by atoms with Gasteiger partial charge in [-0.15, -0.1) is 5.10 Å². The average Bonchev–Trinajstić information content (AvgIpc) is 3.37. The molecule has 4 heterocycles. The molecule has 11 nitrogen and oxygen atoms in total. The first-order chi connectivity index (χ1) is 13.6. The number of hydrazine groups is 1. The highest BCUT2D eigenvalue weighted by molar-refractivity contribution is 5.93. The number of carbonyl (C=O) groups excluding carboxylic acids is 1. The van der Waals surface area contributed by atoms with Gasteiger partial charge in [-0.05, 0) is 12.1 Å². The normalized spacial score (nSPS) is 15.9. The number of nitrogen functional groups attached to an aromatic ring is 1. The van der Waals surface area contributed by atoms with Gasteiger partial charge in [-0.1, -0.05) is 0 Å². The SMILES string of the molecule is COCCN1CCN(NC(=O)c2cc3nc(-c4ccco4)nn3c(N)n2)CC1. The minimum atomic E-state index is -0.331. The van der Waals surface area contributed by atoms with Gasteiger partial charge < -0.3 is 14.9 Å². The molecule has 1 saturated heterocycles. The molecule has 0 saturated carbocycles. The van der Waals surface area contributed by atoms with Crippen molar-refractivity contribution in [1.82, 2.24) is 34.9 Å². The van der Waals surface area contributed by atoms with Crippen LogP contribution in [0.15, 0.2) is 28.9 Å². The highest BCUT2D eigenvalue weighted by atomic mass is 16.5. The maximum Gasteiger partial charge on any atom is 0.284 e. The standard InChI is InChI=1S/C17H22N8O3/c1-27-10-8-23-4-6-24(7-5-23)22-16(26)12-11-14-20-15(13-3-2-9-28-13)21-25(14)17(18)19-12/h2-3,9,11H,4-8,10H2,1H3,(H2,18,19)(H,22,26). The summed E-state index contributed by atoms with van der Waals surface area (Å²) in [6.07, 6.45) is 1.54. The highest BCUT2D eigenvalue weighted by Crippen LogP contribution is 2.18. The molecule has 0 spiro atoms. The minimum absolute atomic E-state index is 0.0809. The number of aromatic nitrogens is 4. The first-order valence-electron chi connectivity index (χ1n) is 8.98. The number of nitrogens with one attached hydrogen (secondary N) is 1. The largest absolute Gasteiger partial charge is 0.461 e. The van der Waals surface area contributed by atoms with E-state index in [4.69, 9.17) is 14.9 Å². The van der Waals surface area contributed by atoms with Crippen LogP contribution in [-0.4, -0.2) is 81.8 Å². The van der Waals surface area contributed by atoms with Crippen molar-refractivity contribution in [3.05, 3.63) is 30.2 Å². The van der Waals surface area contributed by atoms with Crippen LogP contribution in [0.25, 0.3) is 17.2 Å². The Morgan fingerprint density at radius 1 is 1.32 bits per heavy atom. The molecule has 1 aliphatic rings. The number of piperazine rings is 1. The second-order valence-corrected chi connectivity index (χ2v) is 6.44. The van der Waals surface area contributed by atoms with Crippen molar-refractivity contribution in [2.24, 2.45) is 0 Å². The van der Waals surface area contributed by atoms with E-state index in [1.165, 1.54) is 10.8 Å². The van der Waals surface area contributed by atoms with Gasteiger partial charge in [0.2, 0.25) is 11.8 Å². The molecule has 148 valence electrons. The van der Waals surface area contributed by atoms with Gasteiger partial charge in [0, 0.05) is 45.9 Å². The third-order valence-electron chi connectivity index (χ3n) is 4.57. The second kappa shape index (κ2) is 7.92. The van der Waals surface area contributed by atoms with E-state index in [0.717, 1.165) is 32.7 Å². The van der Waals surface area contributed by atoms with Gasteiger partial charge in [0.1, 0.15) is 5.69 Å². The van der Waals surface area contributed by atoms with Crippen LogP contribution in [0.3, 0.4) is 0 Å². The van der Waals surface area contributed by atoms with Crippen LogP contribution in [0, 0.1) is 0 Å². The summed E-state index contributed by atoms with van der Waals surface area (Å²) in [5.41, 5.74) is 9.46. The number of fused-ring (bicyclic) bond motifs is 1. The first-order valence-corrected chi connectivity index (χ1v) is 8.98. The number of anilines is 1. The number of methoxy groups -OCH3 is 1. The van der Waals surface area contributed by atoms with Crippen LogP contribution in [0.5, 0.6) is 0 Å². The number of nitrogens with two attached hydrogens (primary N) is 1. The number of nitrogens with zero attached hydrogens (tertiary/aromatic N) is 6. The fourth-order valence-electron chi connectivity index (χ4n) is 3.04. The quantitative estimate of drug-likeness (QED) is 0.596. The van der Waals surface area contributed by atoms with Crippen LogP contribution >= 0.6 is 0 Å². The summed E-state index contributed by atoms with van der Waals surface area (Å²) in [4.78, 5) is 23.4. The minimum Gasteiger partial charge on any atom is -0.461 e. The zero-order valence-electron chi connectivity index (χ0n) is 15.5. The van der Waals surface area contributed by atoms with Crippen LogP contribution in [0.2, 0.25) is 0 Å². The molecular weight excluding hydrogens is 364 g/mol. The van der Waals surface area contributed by atoms with E-state index in [1.807, 2.05) is 5.01 Å². The van der Waals surface area contributed by atoms with E-state index in [-0.39, 0.29) is 17.5 Å². The highest BCUT2D eigenvalue weighted by Gasteiger charge is 2.21. The van der Waals surface area contributed by atoms with E-state index >= 15 is 0 Å². The van der Waals surface area contributed by atoms with Crippen LogP contribution in [-0.2, 0) is 4.74 Å². The van der Waals surface area contributed by atoms with Gasteiger partial charge in [0.05, 0.1) is 12.9 Å². The molecule has 0 bridgehead atoms. The van der Waals surface area contributed by atoms with E-state index in [2.05, 4.69) is 25.4 Å². The number of ether oxygens (including phenoxy) is 1. The molecule has 0 aliphatic carbocycles. The fourth-order valence-corrected chi connectivity index (χ4v) is 3.04. The predicted octanol–water partition coefficient (Wildman–Crippen LogP) is -0.125. The molecular formula is C17H22N8O3. The van der Waals surface area contributed by atoms with Crippen molar-refractivity contribution < 1.29 is 13.9 Å². The summed E-state index contributed by atoms with van der Waals surface area (Å²) >= 11 is 0. The smallest absolute Gasteiger partial charge is 0.284 e. The molecule has 1 fully saturated rings. The summed E-state index contributed by atoms with van der Waals surface area (Å²) < 4.78 is 11.8. The van der Waals surface area contributed by atoms with Crippen molar-refractivity contribution in [1.29, 1.82) is 0 Å². The molecule has 3 aromatic rings. The molecule has 0 unspecified atom stereocenters. The molecule has 0 radical (unpaired) electrons. The van der Waals surface area contributed by atoms with E-state index in [9.17, 15) is 4.79 Å². The Morgan fingerprint density at radius 3 is 2.86 bits per heavy atom. The zero-order valence-corrected chi connectivity index (χ0v) is 15.5. The lowest BCUT2D eigenvalue weighted by molar-refractivity contribution is 0.0546. The molecule has 3 N–H and O–H groups in total. The molecule has 1 amide bonds. The molecule has 1 aliphatic heterocycles. The lowest BCUT2D eigenvalue weighted by Crippen LogP contribution is -2.54. The number of rotatable bonds is 6. The molecule has 28 heavy (non-hydrogen) atoms. The molecule has 4 rings (SSSR count). The third kappa shape index (κ3) is 3.81. The number of hydrogen-bond acceptors (Lipinski definition) is 9. The Labute approximate surface area is 161 Å². The van der Waals surface area contributed by atoms with E-state index in [0.29, 0.717) is 23.8 Å². The number of hydrogen-bond donors (Lipinski definition) is 2. The van der Waals surface area contributed by atoms with Crippen molar-refractivity contribution in [3.8, 4) is 11.6 Å². The van der Waals surface area contributed by atoms with E-state index in [1.54, 1.807) is 25.3 Å². The monoisotopic (exact) mass is 386 g/mol. The zero-order chi connectivity index (χ0) is 19.5. The Hall–Kier alpha value is -3.02. The summed E-state index contributed by atoms with van der Waals surface area (Å²) in [6, 6.07) is 5.05. The van der Waals surface area contributed by atoms with Gasteiger partial charge in [0.15, 0.2) is 11.4 Å². The maximum absolute atomic E-state index is 12.6. The Kier molecular flexibility index (Phi) is 5.19. The lowest BCUT2D eigenvalue weighted by atomic mass is 10.3. The third-order valence-corrected chi connectivity index (χ3v) is 4.57. The van der Waals surface area contributed by atoms with Crippen molar-refractivity contribution in [3.63, 3.8) is 0 Å². The average molecular weight is 386 g/mol.